The standard InChI is InChI=1S/C13H17N3/c14-6-2-4-12-3-1-5-13(11-12)16-9-7-15-8-10-16/h1,3,5,11,15H,2,4,7-10H2. The highest BCUT2D eigenvalue weighted by Crippen LogP contribution is 2.17. The van der Waals surface area contributed by atoms with E-state index < -0.39 is 0 Å². The van der Waals surface area contributed by atoms with Gasteiger partial charge in [0.2, 0.25) is 0 Å². The number of rotatable bonds is 3. The molecule has 0 atom stereocenters. The zero-order chi connectivity index (χ0) is 11.2. The molecular weight excluding hydrogens is 198 g/mol. The molecular formula is C13H17N3. The SMILES string of the molecule is N#CCCc1cccc(N2CCNCC2)c1. The van der Waals surface area contributed by atoms with Crippen molar-refractivity contribution in [1.29, 1.82) is 5.26 Å². The second kappa shape index (κ2) is 5.53. The lowest BCUT2D eigenvalue weighted by Crippen LogP contribution is -2.43. The minimum atomic E-state index is 0.602. The van der Waals surface area contributed by atoms with Gasteiger partial charge in [0, 0.05) is 38.3 Å². The Morgan fingerprint density at radius 3 is 2.88 bits per heavy atom. The first kappa shape index (κ1) is 11.0. The van der Waals surface area contributed by atoms with Crippen LogP contribution >= 0.6 is 0 Å². The fourth-order valence-electron chi connectivity index (χ4n) is 2.03. The van der Waals surface area contributed by atoms with Gasteiger partial charge in [-0.25, -0.2) is 0 Å². The van der Waals surface area contributed by atoms with Gasteiger partial charge in [-0.3, -0.25) is 0 Å². The lowest BCUT2D eigenvalue weighted by atomic mass is 10.1. The van der Waals surface area contributed by atoms with E-state index in [0.29, 0.717) is 6.42 Å². The van der Waals surface area contributed by atoms with Gasteiger partial charge in [0.15, 0.2) is 0 Å². The molecule has 0 saturated carbocycles. The van der Waals surface area contributed by atoms with E-state index in [1.165, 1.54) is 11.3 Å². The maximum Gasteiger partial charge on any atom is 0.0625 e. The predicted molar refractivity (Wildman–Crippen MR) is 65.5 cm³/mol. The van der Waals surface area contributed by atoms with Gasteiger partial charge in [0.1, 0.15) is 0 Å². The van der Waals surface area contributed by atoms with Crippen molar-refractivity contribution in [2.75, 3.05) is 31.1 Å². The van der Waals surface area contributed by atoms with Gasteiger partial charge < -0.3 is 10.2 Å². The first-order valence-corrected chi connectivity index (χ1v) is 5.82. The van der Waals surface area contributed by atoms with E-state index in [9.17, 15) is 0 Å². The van der Waals surface area contributed by atoms with Gasteiger partial charge >= 0.3 is 0 Å². The maximum absolute atomic E-state index is 8.58. The Kier molecular flexibility index (Phi) is 3.79. The van der Waals surface area contributed by atoms with Gasteiger partial charge in [-0.05, 0) is 24.1 Å². The largest absolute Gasteiger partial charge is 0.369 e. The molecule has 0 bridgehead atoms. The van der Waals surface area contributed by atoms with Crippen molar-refractivity contribution in [3.05, 3.63) is 29.8 Å². The highest BCUT2D eigenvalue weighted by Gasteiger charge is 2.10. The van der Waals surface area contributed by atoms with Crippen molar-refractivity contribution in [2.24, 2.45) is 0 Å². The molecule has 84 valence electrons. The predicted octanol–water partition coefficient (Wildman–Crippen LogP) is 1.55. The van der Waals surface area contributed by atoms with Crippen LogP contribution in [0.1, 0.15) is 12.0 Å². The number of aryl methyl sites for hydroxylation is 1. The summed E-state index contributed by atoms with van der Waals surface area (Å²) < 4.78 is 0. The summed E-state index contributed by atoms with van der Waals surface area (Å²) in [5, 5.41) is 11.9. The van der Waals surface area contributed by atoms with Crippen LogP contribution in [-0.2, 0) is 6.42 Å². The van der Waals surface area contributed by atoms with E-state index in [4.69, 9.17) is 5.26 Å². The Labute approximate surface area is 96.7 Å². The zero-order valence-electron chi connectivity index (χ0n) is 9.45. The van der Waals surface area contributed by atoms with Crippen molar-refractivity contribution >= 4 is 5.69 Å². The number of nitrogens with one attached hydrogen (secondary N) is 1. The van der Waals surface area contributed by atoms with Crippen molar-refractivity contribution in [2.45, 2.75) is 12.8 Å². The molecule has 0 unspecified atom stereocenters. The average molecular weight is 215 g/mol. The van der Waals surface area contributed by atoms with Crippen molar-refractivity contribution in [1.82, 2.24) is 5.32 Å². The van der Waals surface area contributed by atoms with E-state index >= 15 is 0 Å². The molecule has 1 N–H and O–H groups in total. The Morgan fingerprint density at radius 1 is 1.31 bits per heavy atom. The van der Waals surface area contributed by atoms with E-state index in [1.807, 2.05) is 0 Å². The molecule has 2 rings (SSSR count). The van der Waals surface area contributed by atoms with E-state index in [2.05, 4.69) is 40.6 Å². The molecule has 0 spiro atoms. The third-order valence-corrected chi connectivity index (χ3v) is 2.92. The monoisotopic (exact) mass is 215 g/mol. The van der Waals surface area contributed by atoms with Crippen molar-refractivity contribution < 1.29 is 0 Å². The molecule has 1 aromatic carbocycles. The summed E-state index contributed by atoms with van der Waals surface area (Å²) in [5.41, 5.74) is 2.55. The van der Waals surface area contributed by atoms with Gasteiger partial charge in [-0.1, -0.05) is 12.1 Å². The van der Waals surface area contributed by atoms with Gasteiger partial charge in [0.05, 0.1) is 6.07 Å². The first-order chi connectivity index (χ1) is 7.90. The Balaban J connectivity index is 2.06. The maximum atomic E-state index is 8.58. The van der Waals surface area contributed by atoms with E-state index in [1.54, 1.807) is 0 Å². The highest BCUT2D eigenvalue weighted by molar-refractivity contribution is 5.49. The lowest BCUT2D eigenvalue weighted by Gasteiger charge is -2.29. The van der Waals surface area contributed by atoms with Crippen LogP contribution in [0.3, 0.4) is 0 Å². The molecule has 1 aliphatic rings. The molecule has 1 aromatic rings. The van der Waals surface area contributed by atoms with Crippen LogP contribution in [0.15, 0.2) is 24.3 Å². The molecule has 0 aliphatic carbocycles. The summed E-state index contributed by atoms with van der Waals surface area (Å²) in [6.45, 7) is 4.26. The molecule has 1 aliphatic heterocycles. The van der Waals surface area contributed by atoms with Crippen LogP contribution in [-0.4, -0.2) is 26.2 Å². The Morgan fingerprint density at radius 2 is 2.12 bits per heavy atom. The van der Waals surface area contributed by atoms with Crippen LogP contribution in [0.25, 0.3) is 0 Å². The van der Waals surface area contributed by atoms with Gasteiger partial charge in [-0.2, -0.15) is 5.26 Å². The summed E-state index contributed by atoms with van der Waals surface area (Å²) in [7, 11) is 0. The van der Waals surface area contributed by atoms with Crippen molar-refractivity contribution in [3.63, 3.8) is 0 Å². The number of benzene rings is 1. The number of hydrogen-bond donors (Lipinski definition) is 1. The molecule has 0 radical (unpaired) electrons. The minimum Gasteiger partial charge on any atom is -0.369 e. The quantitative estimate of drug-likeness (QED) is 0.831. The number of nitriles is 1. The fourth-order valence-corrected chi connectivity index (χ4v) is 2.03. The Hall–Kier alpha value is -1.53. The van der Waals surface area contributed by atoms with Crippen LogP contribution < -0.4 is 10.2 Å². The molecule has 3 heteroatoms. The highest BCUT2D eigenvalue weighted by atomic mass is 15.2. The van der Waals surface area contributed by atoms with E-state index in [-0.39, 0.29) is 0 Å². The summed E-state index contributed by atoms with van der Waals surface area (Å²) in [6.07, 6.45) is 1.46. The van der Waals surface area contributed by atoms with Gasteiger partial charge in [-0.15, -0.1) is 0 Å². The number of anilines is 1. The molecule has 1 saturated heterocycles. The molecule has 0 amide bonds. The van der Waals surface area contributed by atoms with Crippen molar-refractivity contribution in [3.8, 4) is 6.07 Å². The zero-order valence-corrected chi connectivity index (χ0v) is 9.45. The normalized spacial score (nSPS) is 15.8. The minimum absolute atomic E-state index is 0.602. The summed E-state index contributed by atoms with van der Waals surface area (Å²) in [4.78, 5) is 2.40. The summed E-state index contributed by atoms with van der Waals surface area (Å²) in [5.74, 6) is 0. The third kappa shape index (κ3) is 2.74. The topological polar surface area (TPSA) is 39.1 Å². The van der Waals surface area contributed by atoms with Crippen LogP contribution in [0.4, 0.5) is 5.69 Å². The molecule has 3 nitrogen and oxygen atoms in total. The second-order valence-electron chi connectivity index (χ2n) is 4.07. The van der Waals surface area contributed by atoms with Crippen LogP contribution in [0, 0.1) is 11.3 Å². The lowest BCUT2D eigenvalue weighted by molar-refractivity contribution is 0.589. The number of nitrogens with zero attached hydrogens (tertiary/aromatic N) is 2. The Bertz CT molecular complexity index is 375. The average Bonchev–Trinajstić information content (AvgIpc) is 2.38. The smallest absolute Gasteiger partial charge is 0.0625 e. The molecule has 1 fully saturated rings. The number of hydrogen-bond acceptors (Lipinski definition) is 3. The first-order valence-electron chi connectivity index (χ1n) is 5.82. The van der Waals surface area contributed by atoms with E-state index in [0.717, 1.165) is 32.6 Å². The molecule has 1 heterocycles. The molecule has 16 heavy (non-hydrogen) atoms. The van der Waals surface area contributed by atoms with Gasteiger partial charge in [0.25, 0.3) is 0 Å². The number of piperazine rings is 1. The third-order valence-electron chi connectivity index (χ3n) is 2.92. The fraction of sp³-hybridized carbons (Fsp3) is 0.462. The van der Waals surface area contributed by atoms with Crippen LogP contribution in [0.2, 0.25) is 0 Å². The summed E-state index contributed by atoms with van der Waals surface area (Å²) in [6, 6.07) is 10.7. The molecule has 0 aromatic heterocycles. The van der Waals surface area contributed by atoms with Crippen LogP contribution in [0.5, 0.6) is 0 Å². The second-order valence-corrected chi connectivity index (χ2v) is 4.07. The summed E-state index contributed by atoms with van der Waals surface area (Å²) >= 11 is 0.